The molecule has 1 aromatic carbocycles. The SMILES string of the molecule is CCCCNC(=O)C(NC(=O)c1cc(OC)cc(OC)c1)C(C)C. The highest BCUT2D eigenvalue weighted by Crippen LogP contribution is 2.22. The van der Waals surface area contributed by atoms with Gasteiger partial charge in [0.15, 0.2) is 0 Å². The van der Waals surface area contributed by atoms with Crippen LogP contribution in [0, 0.1) is 5.92 Å². The number of hydrogen-bond acceptors (Lipinski definition) is 4. The molecule has 0 bridgehead atoms. The number of methoxy groups -OCH3 is 2. The van der Waals surface area contributed by atoms with Gasteiger partial charge in [0.05, 0.1) is 14.2 Å². The molecule has 0 saturated carbocycles. The first-order valence-electron chi connectivity index (χ1n) is 8.24. The van der Waals surface area contributed by atoms with E-state index in [9.17, 15) is 9.59 Å². The van der Waals surface area contributed by atoms with E-state index < -0.39 is 6.04 Å². The number of nitrogens with one attached hydrogen (secondary N) is 2. The van der Waals surface area contributed by atoms with Crippen molar-refractivity contribution in [3.63, 3.8) is 0 Å². The molecule has 2 N–H and O–H groups in total. The van der Waals surface area contributed by atoms with Crippen LogP contribution < -0.4 is 20.1 Å². The minimum Gasteiger partial charge on any atom is -0.497 e. The lowest BCUT2D eigenvalue weighted by atomic mass is 10.0. The monoisotopic (exact) mass is 336 g/mol. The summed E-state index contributed by atoms with van der Waals surface area (Å²) in [5.41, 5.74) is 0.387. The Morgan fingerprint density at radius 3 is 2.12 bits per heavy atom. The summed E-state index contributed by atoms with van der Waals surface area (Å²) in [6, 6.07) is 4.33. The number of hydrogen-bond donors (Lipinski definition) is 2. The topological polar surface area (TPSA) is 76.7 Å². The van der Waals surface area contributed by atoms with E-state index in [4.69, 9.17) is 9.47 Å². The van der Waals surface area contributed by atoms with Gasteiger partial charge in [-0.25, -0.2) is 0 Å². The zero-order chi connectivity index (χ0) is 18.1. The van der Waals surface area contributed by atoms with Gasteiger partial charge in [0.2, 0.25) is 5.91 Å². The maximum Gasteiger partial charge on any atom is 0.252 e. The molecule has 0 aliphatic carbocycles. The normalized spacial score (nSPS) is 11.8. The van der Waals surface area contributed by atoms with E-state index in [-0.39, 0.29) is 17.7 Å². The summed E-state index contributed by atoms with van der Waals surface area (Å²) in [4.78, 5) is 24.8. The number of carbonyl (C=O) groups excluding carboxylic acids is 2. The molecule has 0 aliphatic heterocycles. The molecule has 1 atom stereocenters. The largest absolute Gasteiger partial charge is 0.497 e. The van der Waals surface area contributed by atoms with Gasteiger partial charge in [0.25, 0.3) is 5.91 Å². The van der Waals surface area contributed by atoms with Crippen LogP contribution in [-0.2, 0) is 4.79 Å². The van der Waals surface area contributed by atoms with Gasteiger partial charge in [-0.05, 0) is 24.5 Å². The molecule has 0 aliphatic rings. The summed E-state index contributed by atoms with van der Waals surface area (Å²) in [7, 11) is 3.04. The van der Waals surface area contributed by atoms with Crippen molar-refractivity contribution in [2.24, 2.45) is 5.92 Å². The molecule has 6 nitrogen and oxygen atoms in total. The van der Waals surface area contributed by atoms with Crippen LogP contribution in [0.1, 0.15) is 44.0 Å². The molecule has 0 aromatic heterocycles. The van der Waals surface area contributed by atoms with E-state index in [1.807, 2.05) is 13.8 Å². The van der Waals surface area contributed by atoms with Crippen LogP contribution in [0.15, 0.2) is 18.2 Å². The fourth-order valence-corrected chi connectivity index (χ4v) is 2.20. The Kier molecular flexibility index (Phi) is 8.09. The van der Waals surface area contributed by atoms with E-state index in [2.05, 4.69) is 17.6 Å². The average Bonchev–Trinajstić information content (AvgIpc) is 2.58. The van der Waals surface area contributed by atoms with Gasteiger partial charge >= 0.3 is 0 Å². The Bertz CT molecular complexity index is 536. The van der Waals surface area contributed by atoms with Crippen LogP contribution in [0.2, 0.25) is 0 Å². The number of unbranched alkanes of at least 4 members (excludes halogenated alkanes) is 1. The van der Waals surface area contributed by atoms with Gasteiger partial charge in [-0.15, -0.1) is 0 Å². The van der Waals surface area contributed by atoms with Crippen molar-refractivity contribution in [3.8, 4) is 11.5 Å². The smallest absolute Gasteiger partial charge is 0.252 e. The fourth-order valence-electron chi connectivity index (χ4n) is 2.20. The van der Waals surface area contributed by atoms with Crippen molar-refractivity contribution < 1.29 is 19.1 Å². The summed E-state index contributed by atoms with van der Waals surface area (Å²) >= 11 is 0. The molecule has 2 amide bonds. The Hall–Kier alpha value is -2.24. The highest BCUT2D eigenvalue weighted by Gasteiger charge is 2.24. The lowest BCUT2D eigenvalue weighted by molar-refractivity contribution is -0.123. The molecule has 0 saturated heterocycles. The Labute approximate surface area is 143 Å². The first-order chi connectivity index (χ1) is 11.4. The van der Waals surface area contributed by atoms with Crippen molar-refractivity contribution in [3.05, 3.63) is 23.8 Å². The quantitative estimate of drug-likeness (QED) is 0.679. The molecule has 134 valence electrons. The van der Waals surface area contributed by atoms with Crippen molar-refractivity contribution in [2.45, 2.75) is 39.7 Å². The number of amides is 2. The van der Waals surface area contributed by atoms with Crippen molar-refractivity contribution in [1.29, 1.82) is 0 Å². The van der Waals surface area contributed by atoms with E-state index >= 15 is 0 Å². The zero-order valence-corrected chi connectivity index (χ0v) is 15.1. The Morgan fingerprint density at radius 1 is 1.08 bits per heavy atom. The number of rotatable bonds is 9. The summed E-state index contributed by atoms with van der Waals surface area (Å²) in [5.74, 6) is 0.516. The molecule has 1 unspecified atom stereocenters. The van der Waals surface area contributed by atoms with Gasteiger partial charge in [-0.2, -0.15) is 0 Å². The fraction of sp³-hybridized carbons (Fsp3) is 0.556. The van der Waals surface area contributed by atoms with Crippen LogP contribution in [0.3, 0.4) is 0 Å². The standard InChI is InChI=1S/C18H28N2O4/c1-6-7-8-19-18(22)16(12(2)3)20-17(21)13-9-14(23-4)11-15(10-13)24-5/h9-12,16H,6-8H2,1-5H3,(H,19,22)(H,20,21). The van der Waals surface area contributed by atoms with Gasteiger partial charge in [-0.1, -0.05) is 27.2 Å². The van der Waals surface area contributed by atoms with Crippen LogP contribution in [0.4, 0.5) is 0 Å². The van der Waals surface area contributed by atoms with E-state index in [0.717, 1.165) is 12.8 Å². The lowest BCUT2D eigenvalue weighted by Gasteiger charge is -2.22. The minimum absolute atomic E-state index is 0.0249. The number of ether oxygens (including phenoxy) is 2. The number of carbonyl (C=O) groups is 2. The van der Waals surface area contributed by atoms with Gasteiger partial charge < -0.3 is 20.1 Å². The van der Waals surface area contributed by atoms with E-state index in [1.165, 1.54) is 14.2 Å². The van der Waals surface area contributed by atoms with Crippen LogP contribution in [-0.4, -0.2) is 38.6 Å². The van der Waals surface area contributed by atoms with Crippen LogP contribution in [0.5, 0.6) is 11.5 Å². The highest BCUT2D eigenvalue weighted by molar-refractivity contribution is 5.98. The zero-order valence-electron chi connectivity index (χ0n) is 15.1. The summed E-state index contributed by atoms with van der Waals surface area (Å²) in [6.07, 6.45) is 1.92. The van der Waals surface area contributed by atoms with Gasteiger partial charge in [-0.3, -0.25) is 9.59 Å². The van der Waals surface area contributed by atoms with E-state index in [0.29, 0.717) is 23.6 Å². The second kappa shape index (κ2) is 9.80. The molecule has 6 heteroatoms. The summed E-state index contributed by atoms with van der Waals surface area (Å²) < 4.78 is 10.3. The Balaban J connectivity index is 2.87. The third-order valence-electron chi connectivity index (χ3n) is 3.68. The average molecular weight is 336 g/mol. The number of benzene rings is 1. The van der Waals surface area contributed by atoms with Gasteiger partial charge in [0.1, 0.15) is 17.5 Å². The summed E-state index contributed by atoms with van der Waals surface area (Å²) in [5, 5.41) is 5.66. The van der Waals surface area contributed by atoms with Crippen molar-refractivity contribution in [1.82, 2.24) is 10.6 Å². The first kappa shape index (κ1) is 19.8. The molecular weight excluding hydrogens is 308 g/mol. The molecule has 1 rings (SSSR count). The second-order valence-electron chi connectivity index (χ2n) is 5.94. The highest BCUT2D eigenvalue weighted by atomic mass is 16.5. The molecule has 0 fully saturated rings. The maximum atomic E-state index is 12.5. The molecule has 0 radical (unpaired) electrons. The lowest BCUT2D eigenvalue weighted by Crippen LogP contribution is -2.49. The van der Waals surface area contributed by atoms with Crippen molar-refractivity contribution in [2.75, 3.05) is 20.8 Å². The van der Waals surface area contributed by atoms with Gasteiger partial charge in [0, 0.05) is 18.2 Å². The Morgan fingerprint density at radius 2 is 1.67 bits per heavy atom. The molecule has 0 spiro atoms. The predicted octanol–water partition coefficient (Wildman–Crippen LogP) is 2.37. The molecular formula is C18H28N2O4. The first-order valence-corrected chi connectivity index (χ1v) is 8.24. The maximum absolute atomic E-state index is 12.5. The molecule has 1 aromatic rings. The van der Waals surface area contributed by atoms with Crippen molar-refractivity contribution >= 4 is 11.8 Å². The summed E-state index contributed by atoms with van der Waals surface area (Å²) in [6.45, 7) is 6.47. The minimum atomic E-state index is -0.591. The van der Waals surface area contributed by atoms with E-state index in [1.54, 1.807) is 18.2 Å². The van der Waals surface area contributed by atoms with Crippen LogP contribution >= 0.6 is 0 Å². The predicted molar refractivity (Wildman–Crippen MR) is 93.6 cm³/mol. The molecule has 24 heavy (non-hydrogen) atoms. The van der Waals surface area contributed by atoms with Crippen LogP contribution in [0.25, 0.3) is 0 Å². The second-order valence-corrected chi connectivity index (χ2v) is 5.94. The molecule has 0 heterocycles. The third kappa shape index (κ3) is 5.76. The third-order valence-corrected chi connectivity index (χ3v) is 3.68.